The molecule has 9 heteroatoms. The molecule has 7 nitrogen and oxygen atoms in total. The first-order chi connectivity index (χ1) is 13.6. The summed E-state index contributed by atoms with van der Waals surface area (Å²) in [5.41, 5.74) is 1.10. The first-order valence-electron chi connectivity index (χ1n) is 10.5. The van der Waals surface area contributed by atoms with Crippen molar-refractivity contribution in [1.82, 2.24) is 25.0 Å². The fraction of sp³-hybridized carbons (Fsp3) is 0.750. The van der Waals surface area contributed by atoms with Gasteiger partial charge < -0.3 is 15.1 Å². The van der Waals surface area contributed by atoms with Crippen molar-refractivity contribution in [2.75, 3.05) is 52.9 Å². The summed E-state index contributed by atoms with van der Waals surface area (Å²) in [5.74, 6) is 1.23. The minimum absolute atomic E-state index is 0. The van der Waals surface area contributed by atoms with Gasteiger partial charge in [-0.05, 0) is 26.7 Å². The van der Waals surface area contributed by atoms with Gasteiger partial charge in [0, 0.05) is 51.2 Å². The molecule has 3 rings (SSSR count). The van der Waals surface area contributed by atoms with Crippen molar-refractivity contribution in [3.05, 3.63) is 15.6 Å². The summed E-state index contributed by atoms with van der Waals surface area (Å²) >= 11 is 1.74. The number of carbonyl (C=O) groups excluding carboxylic acids is 1. The van der Waals surface area contributed by atoms with Crippen molar-refractivity contribution in [2.45, 2.75) is 46.1 Å². The van der Waals surface area contributed by atoms with Crippen LogP contribution in [0.2, 0.25) is 0 Å². The molecule has 0 unspecified atom stereocenters. The molecule has 2 fully saturated rings. The average molecular weight is 535 g/mol. The highest BCUT2D eigenvalue weighted by Gasteiger charge is 2.23. The van der Waals surface area contributed by atoms with Gasteiger partial charge in [-0.2, -0.15) is 0 Å². The SMILES string of the molecule is CN=C(NCc1sc(C)nc1C)N1CCN(CC(=O)N2CCCCCC2)CC1.I. The van der Waals surface area contributed by atoms with Crippen LogP contribution >= 0.6 is 35.3 Å². The molecule has 0 atom stereocenters. The van der Waals surface area contributed by atoms with E-state index < -0.39 is 0 Å². The Labute approximate surface area is 196 Å². The predicted octanol–water partition coefficient (Wildman–Crippen LogP) is 2.47. The average Bonchev–Trinajstić information content (AvgIpc) is 2.89. The maximum atomic E-state index is 12.6. The molecule has 2 saturated heterocycles. The van der Waals surface area contributed by atoms with Gasteiger partial charge >= 0.3 is 0 Å². The molecular formula is C20H35IN6OS. The summed E-state index contributed by atoms with van der Waals surface area (Å²) in [5, 5.41) is 4.58. The van der Waals surface area contributed by atoms with Crippen molar-refractivity contribution < 1.29 is 4.79 Å². The standard InChI is InChI=1S/C20H34N6OS.HI/c1-16-18(28-17(2)23-16)14-22-20(21-3)26-12-10-24(11-13-26)15-19(27)25-8-6-4-5-7-9-25;/h4-15H2,1-3H3,(H,21,22);1H. The van der Waals surface area contributed by atoms with Crippen LogP contribution in [0.15, 0.2) is 4.99 Å². The number of likely N-dealkylation sites (tertiary alicyclic amines) is 1. The highest BCUT2D eigenvalue weighted by atomic mass is 127. The van der Waals surface area contributed by atoms with E-state index in [0.717, 1.165) is 75.3 Å². The van der Waals surface area contributed by atoms with E-state index in [4.69, 9.17) is 0 Å². The monoisotopic (exact) mass is 534 g/mol. The van der Waals surface area contributed by atoms with E-state index >= 15 is 0 Å². The molecule has 29 heavy (non-hydrogen) atoms. The van der Waals surface area contributed by atoms with Gasteiger partial charge in [0.25, 0.3) is 0 Å². The Morgan fingerprint density at radius 2 is 1.69 bits per heavy atom. The maximum Gasteiger partial charge on any atom is 0.236 e. The van der Waals surface area contributed by atoms with Gasteiger partial charge in [-0.1, -0.05) is 12.8 Å². The Balaban J connectivity index is 0.00000300. The van der Waals surface area contributed by atoms with Crippen LogP contribution in [-0.2, 0) is 11.3 Å². The van der Waals surface area contributed by atoms with Crippen LogP contribution in [-0.4, -0.2) is 84.4 Å². The Kier molecular flexibility index (Phi) is 10.1. The van der Waals surface area contributed by atoms with E-state index in [0.29, 0.717) is 12.5 Å². The number of hydrogen-bond acceptors (Lipinski definition) is 5. The van der Waals surface area contributed by atoms with Gasteiger partial charge in [-0.25, -0.2) is 4.98 Å². The number of piperazine rings is 1. The van der Waals surface area contributed by atoms with Gasteiger partial charge in [0.15, 0.2) is 5.96 Å². The molecule has 0 aliphatic carbocycles. The summed E-state index contributed by atoms with van der Waals surface area (Å²) in [6.45, 7) is 10.9. The van der Waals surface area contributed by atoms with Crippen LogP contribution in [0.1, 0.15) is 41.3 Å². The zero-order valence-electron chi connectivity index (χ0n) is 17.9. The van der Waals surface area contributed by atoms with Crippen LogP contribution in [0.5, 0.6) is 0 Å². The highest BCUT2D eigenvalue weighted by Crippen LogP contribution is 2.17. The molecule has 1 amide bonds. The molecule has 1 N–H and O–H groups in total. The van der Waals surface area contributed by atoms with Gasteiger partial charge in [-0.15, -0.1) is 35.3 Å². The highest BCUT2D eigenvalue weighted by molar-refractivity contribution is 14.0. The summed E-state index contributed by atoms with van der Waals surface area (Å²) in [6, 6.07) is 0. The van der Waals surface area contributed by atoms with Crippen molar-refractivity contribution in [2.24, 2.45) is 4.99 Å². The molecule has 0 spiro atoms. The first kappa shape index (κ1) is 24.3. The number of nitrogens with zero attached hydrogens (tertiary/aromatic N) is 5. The van der Waals surface area contributed by atoms with Gasteiger partial charge in [0.1, 0.15) is 0 Å². The Hall–Kier alpha value is -0.940. The van der Waals surface area contributed by atoms with Crippen molar-refractivity contribution in [3.63, 3.8) is 0 Å². The predicted molar refractivity (Wildman–Crippen MR) is 130 cm³/mol. The lowest BCUT2D eigenvalue weighted by Gasteiger charge is -2.36. The molecule has 1 aromatic rings. The van der Waals surface area contributed by atoms with E-state index in [-0.39, 0.29) is 24.0 Å². The molecule has 2 aliphatic rings. The number of nitrogens with one attached hydrogen (secondary N) is 1. The molecule has 0 bridgehead atoms. The molecule has 1 aromatic heterocycles. The minimum atomic E-state index is 0. The van der Waals surface area contributed by atoms with E-state index in [2.05, 4.69) is 36.9 Å². The topological polar surface area (TPSA) is 64.1 Å². The number of amides is 1. The minimum Gasteiger partial charge on any atom is -0.351 e. The molecule has 0 saturated carbocycles. The molecular weight excluding hydrogens is 499 g/mol. The number of carbonyl (C=O) groups is 1. The Bertz CT molecular complexity index is 679. The lowest BCUT2D eigenvalue weighted by atomic mass is 10.2. The third kappa shape index (κ3) is 7.06. The third-order valence-electron chi connectivity index (χ3n) is 5.61. The zero-order valence-corrected chi connectivity index (χ0v) is 21.1. The number of hydrogen-bond donors (Lipinski definition) is 1. The summed E-state index contributed by atoms with van der Waals surface area (Å²) in [4.78, 5) is 29.5. The molecule has 164 valence electrons. The number of thiazole rings is 1. The lowest BCUT2D eigenvalue weighted by Crippen LogP contribution is -2.54. The molecule has 2 aliphatic heterocycles. The first-order valence-corrected chi connectivity index (χ1v) is 11.3. The lowest BCUT2D eigenvalue weighted by molar-refractivity contribution is -0.132. The Morgan fingerprint density at radius 3 is 2.24 bits per heavy atom. The molecule has 3 heterocycles. The largest absolute Gasteiger partial charge is 0.351 e. The van der Waals surface area contributed by atoms with Crippen LogP contribution in [0.4, 0.5) is 0 Å². The molecule has 0 radical (unpaired) electrons. The normalized spacial score (nSPS) is 18.9. The fourth-order valence-corrected chi connectivity index (χ4v) is 4.84. The fourth-order valence-electron chi connectivity index (χ4n) is 3.96. The van der Waals surface area contributed by atoms with E-state index in [1.165, 1.54) is 17.7 Å². The second-order valence-corrected chi connectivity index (χ2v) is 8.99. The summed E-state index contributed by atoms with van der Waals surface area (Å²) in [7, 11) is 1.84. The smallest absolute Gasteiger partial charge is 0.236 e. The molecule has 0 aromatic carbocycles. The van der Waals surface area contributed by atoms with Crippen molar-refractivity contribution in [3.8, 4) is 0 Å². The van der Waals surface area contributed by atoms with Gasteiger partial charge in [0.05, 0.1) is 23.8 Å². The quantitative estimate of drug-likeness (QED) is 0.366. The third-order valence-corrected chi connectivity index (χ3v) is 6.68. The number of guanidine groups is 1. The number of aryl methyl sites for hydroxylation is 2. The maximum absolute atomic E-state index is 12.6. The van der Waals surface area contributed by atoms with E-state index in [9.17, 15) is 4.79 Å². The van der Waals surface area contributed by atoms with E-state index in [1.807, 2.05) is 14.0 Å². The summed E-state index contributed by atoms with van der Waals surface area (Å²) < 4.78 is 0. The number of rotatable bonds is 4. The van der Waals surface area contributed by atoms with Crippen molar-refractivity contribution >= 4 is 47.2 Å². The summed E-state index contributed by atoms with van der Waals surface area (Å²) in [6.07, 6.45) is 4.82. The van der Waals surface area contributed by atoms with E-state index in [1.54, 1.807) is 11.3 Å². The van der Waals surface area contributed by atoms with Gasteiger partial charge in [-0.3, -0.25) is 14.7 Å². The van der Waals surface area contributed by atoms with Crippen molar-refractivity contribution in [1.29, 1.82) is 0 Å². The second kappa shape index (κ2) is 12.0. The van der Waals surface area contributed by atoms with Crippen LogP contribution in [0, 0.1) is 13.8 Å². The number of aliphatic imine (C=N–C) groups is 1. The zero-order chi connectivity index (χ0) is 19.9. The second-order valence-electron chi connectivity index (χ2n) is 7.70. The number of aromatic nitrogens is 1. The van der Waals surface area contributed by atoms with Crippen LogP contribution in [0.3, 0.4) is 0 Å². The van der Waals surface area contributed by atoms with Crippen LogP contribution < -0.4 is 5.32 Å². The number of halogens is 1. The van der Waals surface area contributed by atoms with Gasteiger partial charge in [0.2, 0.25) is 5.91 Å². The van der Waals surface area contributed by atoms with Crippen LogP contribution in [0.25, 0.3) is 0 Å². The Morgan fingerprint density at radius 1 is 1.03 bits per heavy atom.